The van der Waals surface area contributed by atoms with Crippen LogP contribution in [0.3, 0.4) is 0 Å². The Morgan fingerprint density at radius 2 is 1.66 bits per heavy atom. The number of carbonyl (C=O) groups excluding carboxylic acids is 2. The smallest absolute Gasteiger partial charge is 0.340 e. The summed E-state index contributed by atoms with van der Waals surface area (Å²) in [4.78, 5) is 25.4. The standard InChI is InChI=1S/C23H27ClN2O8S/c1-31-18-8-7-15(24)10-21(18)35(29,30)26-9-5-6-14(13-26)22(27)25-17-12-20(33-3)19(32-2)11-16(17)23(28)34-4/h7-8,10-12,14H,5-6,9,13H2,1-4H3,(H,25,27)/t14-/m1/s1. The number of carbonyl (C=O) groups is 2. The van der Waals surface area contributed by atoms with E-state index in [-0.39, 0.29) is 45.8 Å². The lowest BCUT2D eigenvalue weighted by Gasteiger charge is -2.31. The second-order valence-electron chi connectivity index (χ2n) is 7.73. The molecule has 1 saturated heterocycles. The lowest BCUT2D eigenvalue weighted by molar-refractivity contribution is -0.120. The monoisotopic (exact) mass is 526 g/mol. The number of methoxy groups -OCH3 is 4. The van der Waals surface area contributed by atoms with Gasteiger partial charge in [-0.3, -0.25) is 4.79 Å². The number of hydrogen-bond acceptors (Lipinski definition) is 8. The van der Waals surface area contributed by atoms with Crippen molar-refractivity contribution in [2.45, 2.75) is 17.7 Å². The number of anilines is 1. The lowest BCUT2D eigenvalue weighted by atomic mass is 9.98. The predicted molar refractivity (Wildman–Crippen MR) is 129 cm³/mol. The van der Waals surface area contributed by atoms with E-state index in [1.54, 1.807) is 0 Å². The molecule has 1 N–H and O–H groups in total. The molecule has 1 fully saturated rings. The minimum absolute atomic E-state index is 0.0509. The number of sulfonamides is 1. The summed E-state index contributed by atoms with van der Waals surface area (Å²) in [6.07, 6.45) is 0.932. The summed E-state index contributed by atoms with van der Waals surface area (Å²) in [6.45, 7) is 0.191. The zero-order valence-corrected chi connectivity index (χ0v) is 21.4. The van der Waals surface area contributed by atoms with Gasteiger partial charge in [0, 0.05) is 30.2 Å². The molecule has 0 saturated carbocycles. The molecule has 10 nitrogen and oxygen atoms in total. The van der Waals surface area contributed by atoms with Crippen molar-refractivity contribution in [3.63, 3.8) is 0 Å². The highest BCUT2D eigenvalue weighted by atomic mass is 35.5. The van der Waals surface area contributed by atoms with Gasteiger partial charge < -0.3 is 24.3 Å². The van der Waals surface area contributed by atoms with E-state index in [4.69, 9.17) is 30.5 Å². The molecular weight excluding hydrogens is 500 g/mol. The molecule has 0 aromatic heterocycles. The summed E-state index contributed by atoms with van der Waals surface area (Å²) in [5.41, 5.74) is 0.235. The van der Waals surface area contributed by atoms with E-state index >= 15 is 0 Å². The number of esters is 1. The summed E-state index contributed by atoms with van der Waals surface area (Å²) >= 11 is 6.03. The topological polar surface area (TPSA) is 120 Å². The largest absolute Gasteiger partial charge is 0.495 e. The third-order valence-corrected chi connectivity index (χ3v) is 7.81. The number of nitrogens with zero attached hydrogens (tertiary/aromatic N) is 1. The van der Waals surface area contributed by atoms with Crippen molar-refractivity contribution >= 4 is 39.2 Å². The first-order chi connectivity index (χ1) is 16.7. The van der Waals surface area contributed by atoms with E-state index in [0.29, 0.717) is 18.6 Å². The molecule has 0 spiro atoms. The van der Waals surface area contributed by atoms with Crippen LogP contribution in [0.15, 0.2) is 35.2 Å². The quantitative estimate of drug-likeness (QED) is 0.521. The maximum absolute atomic E-state index is 13.3. The molecule has 0 unspecified atom stereocenters. The van der Waals surface area contributed by atoms with Gasteiger partial charge in [-0.05, 0) is 31.0 Å². The van der Waals surface area contributed by atoms with Crippen LogP contribution in [0, 0.1) is 5.92 Å². The second-order valence-corrected chi connectivity index (χ2v) is 10.1. The van der Waals surface area contributed by atoms with E-state index < -0.39 is 27.8 Å². The fourth-order valence-corrected chi connectivity index (χ4v) is 5.80. The van der Waals surface area contributed by atoms with Crippen molar-refractivity contribution in [2.75, 3.05) is 46.8 Å². The van der Waals surface area contributed by atoms with Gasteiger partial charge in [0.05, 0.1) is 45.6 Å². The van der Waals surface area contributed by atoms with Crippen molar-refractivity contribution in [2.24, 2.45) is 5.92 Å². The molecule has 0 radical (unpaired) electrons. The van der Waals surface area contributed by atoms with Gasteiger partial charge in [-0.15, -0.1) is 0 Å². The van der Waals surface area contributed by atoms with Gasteiger partial charge in [-0.2, -0.15) is 4.31 Å². The summed E-state index contributed by atoms with van der Waals surface area (Å²) in [7, 11) is 1.46. The number of hydrogen-bond donors (Lipinski definition) is 1. The van der Waals surface area contributed by atoms with Gasteiger partial charge in [0.1, 0.15) is 10.6 Å². The van der Waals surface area contributed by atoms with Crippen LogP contribution in [0.1, 0.15) is 23.2 Å². The van der Waals surface area contributed by atoms with Crippen LogP contribution in [0.2, 0.25) is 5.02 Å². The summed E-state index contributed by atoms with van der Waals surface area (Å²) in [6, 6.07) is 7.20. The molecule has 3 rings (SSSR count). The average molecular weight is 527 g/mol. The Morgan fingerprint density at radius 3 is 2.29 bits per heavy atom. The minimum atomic E-state index is -3.98. The van der Waals surface area contributed by atoms with Gasteiger partial charge in [0.15, 0.2) is 11.5 Å². The molecular formula is C23H27ClN2O8S. The van der Waals surface area contributed by atoms with Crippen LogP contribution in [-0.2, 0) is 19.6 Å². The molecule has 12 heteroatoms. The summed E-state index contributed by atoms with van der Waals surface area (Å²) in [5, 5.41) is 2.97. The fourth-order valence-electron chi connectivity index (χ4n) is 3.86. The highest BCUT2D eigenvalue weighted by molar-refractivity contribution is 7.89. The van der Waals surface area contributed by atoms with Crippen LogP contribution < -0.4 is 19.5 Å². The van der Waals surface area contributed by atoms with E-state index in [9.17, 15) is 18.0 Å². The summed E-state index contributed by atoms with van der Waals surface area (Å²) < 4.78 is 48.5. The SMILES string of the molecule is COC(=O)c1cc(OC)c(OC)cc1NC(=O)[C@@H]1CCCN(S(=O)(=O)c2cc(Cl)ccc2OC)C1. The predicted octanol–water partition coefficient (Wildman–Crippen LogP) is 3.19. The van der Waals surface area contributed by atoms with Crippen LogP contribution in [-0.4, -0.2) is 66.1 Å². The van der Waals surface area contributed by atoms with Crippen molar-refractivity contribution in [1.29, 1.82) is 0 Å². The van der Waals surface area contributed by atoms with E-state index in [2.05, 4.69) is 5.32 Å². The molecule has 1 aliphatic heterocycles. The number of piperidine rings is 1. The molecule has 190 valence electrons. The Labute approximate surface area is 209 Å². The molecule has 1 aliphatic rings. The average Bonchev–Trinajstić information content (AvgIpc) is 2.87. The van der Waals surface area contributed by atoms with Gasteiger partial charge in [0.25, 0.3) is 0 Å². The molecule has 1 heterocycles. The first-order valence-electron chi connectivity index (χ1n) is 10.6. The van der Waals surface area contributed by atoms with Crippen LogP contribution in [0.4, 0.5) is 5.69 Å². The Bertz CT molecular complexity index is 1220. The van der Waals surface area contributed by atoms with Gasteiger partial charge >= 0.3 is 5.97 Å². The number of ether oxygens (including phenoxy) is 4. The number of amides is 1. The van der Waals surface area contributed by atoms with Crippen molar-refractivity contribution in [3.05, 3.63) is 40.9 Å². The third kappa shape index (κ3) is 5.63. The molecule has 1 atom stereocenters. The van der Waals surface area contributed by atoms with Crippen molar-refractivity contribution in [1.82, 2.24) is 4.31 Å². The molecule has 35 heavy (non-hydrogen) atoms. The molecule has 2 aromatic carbocycles. The molecule has 0 bridgehead atoms. The second kappa shape index (κ2) is 11.1. The van der Waals surface area contributed by atoms with Crippen molar-refractivity contribution in [3.8, 4) is 17.2 Å². The Hall–Kier alpha value is -3.02. The minimum Gasteiger partial charge on any atom is -0.495 e. The normalized spacial score (nSPS) is 16.3. The van der Waals surface area contributed by atoms with Crippen molar-refractivity contribution < 1.29 is 37.0 Å². The Morgan fingerprint density at radius 1 is 1.00 bits per heavy atom. The maximum atomic E-state index is 13.3. The van der Waals surface area contributed by atoms with E-state index in [0.717, 1.165) is 0 Å². The van der Waals surface area contributed by atoms with Gasteiger partial charge in [-0.1, -0.05) is 11.6 Å². The number of halogens is 1. The number of rotatable bonds is 8. The van der Waals surface area contributed by atoms with Crippen LogP contribution in [0.5, 0.6) is 17.2 Å². The number of benzene rings is 2. The van der Waals surface area contributed by atoms with E-state index in [1.165, 1.54) is 63.1 Å². The molecule has 1 amide bonds. The Kier molecular flexibility index (Phi) is 8.47. The number of nitrogens with one attached hydrogen (secondary N) is 1. The lowest BCUT2D eigenvalue weighted by Crippen LogP contribution is -2.43. The van der Waals surface area contributed by atoms with Gasteiger partial charge in [-0.25, -0.2) is 13.2 Å². The van der Waals surface area contributed by atoms with Crippen LogP contribution in [0.25, 0.3) is 0 Å². The third-order valence-electron chi connectivity index (χ3n) is 5.69. The van der Waals surface area contributed by atoms with Gasteiger partial charge in [0.2, 0.25) is 15.9 Å². The first kappa shape index (κ1) is 26.6. The Balaban J connectivity index is 1.87. The van der Waals surface area contributed by atoms with E-state index in [1.807, 2.05) is 0 Å². The van der Waals surface area contributed by atoms with Crippen LogP contribution >= 0.6 is 11.6 Å². The zero-order chi connectivity index (χ0) is 25.8. The molecule has 2 aromatic rings. The molecule has 0 aliphatic carbocycles. The maximum Gasteiger partial charge on any atom is 0.340 e. The summed E-state index contributed by atoms with van der Waals surface area (Å²) in [5.74, 6) is -1.04. The highest BCUT2D eigenvalue weighted by Crippen LogP contribution is 2.35. The first-order valence-corrected chi connectivity index (χ1v) is 12.5. The zero-order valence-electron chi connectivity index (χ0n) is 19.8. The highest BCUT2D eigenvalue weighted by Gasteiger charge is 2.35. The fraction of sp³-hybridized carbons (Fsp3) is 0.391.